The van der Waals surface area contributed by atoms with Crippen LogP contribution in [-0.2, 0) is 16.4 Å². The Morgan fingerprint density at radius 1 is 1.25 bits per heavy atom. The van der Waals surface area contributed by atoms with Crippen molar-refractivity contribution < 1.29 is 17.3 Å². The first-order valence-corrected chi connectivity index (χ1v) is 8.78. The van der Waals surface area contributed by atoms with Crippen LogP contribution in [0.5, 0.6) is 0 Å². The molecule has 128 valence electrons. The van der Waals surface area contributed by atoms with Gasteiger partial charge in [-0.05, 0) is 12.1 Å². The molecule has 0 saturated heterocycles. The molecule has 0 atom stereocenters. The molecule has 0 aliphatic carbocycles. The Morgan fingerprint density at radius 2 is 2.04 bits per heavy atom. The first-order valence-electron chi connectivity index (χ1n) is 7.30. The number of oxazole rings is 1. The van der Waals surface area contributed by atoms with E-state index >= 15 is 0 Å². The molecule has 0 fully saturated rings. The fourth-order valence-electron chi connectivity index (χ4n) is 2.07. The average molecular weight is 352 g/mol. The fraction of sp³-hybridized carbons (Fsp3) is 0.357. The summed E-state index contributed by atoms with van der Waals surface area (Å²) in [7, 11) is -3.74. The van der Waals surface area contributed by atoms with Crippen molar-refractivity contribution in [3.63, 3.8) is 0 Å². The second-order valence-electron chi connectivity index (χ2n) is 5.51. The molecule has 0 unspecified atom stereocenters. The van der Waals surface area contributed by atoms with Gasteiger partial charge in [0, 0.05) is 24.9 Å². The molecule has 0 saturated carbocycles. The molecule has 0 aliphatic rings. The molecule has 9 nitrogen and oxygen atoms in total. The molecule has 3 aromatic rings. The highest BCUT2D eigenvalue weighted by Crippen LogP contribution is 2.16. The molecule has 2 aromatic heterocycles. The standard InChI is InChI=1S/C14H16N4O5S/c1-8(2)13-18-17-12(23-13)5-6-15-24(20,21)9-3-4-10-11(7-9)22-14(19)16-10/h3-4,7-8,15H,5-6H2,1-2H3,(H,16,19). The van der Waals surface area contributed by atoms with Crippen molar-refractivity contribution in [2.24, 2.45) is 0 Å². The Bertz CT molecular complexity index is 1020. The monoisotopic (exact) mass is 352 g/mol. The van der Waals surface area contributed by atoms with Crippen LogP contribution in [0.15, 0.2) is 36.7 Å². The summed E-state index contributed by atoms with van der Waals surface area (Å²) in [5.41, 5.74) is 0.618. The van der Waals surface area contributed by atoms with Crippen molar-refractivity contribution in [3.05, 3.63) is 40.5 Å². The SMILES string of the molecule is CC(C)c1nnc(CCNS(=O)(=O)c2ccc3[nH]c(=O)oc3c2)o1. The molecule has 24 heavy (non-hydrogen) atoms. The van der Waals surface area contributed by atoms with Crippen molar-refractivity contribution in [2.45, 2.75) is 31.1 Å². The first kappa shape index (κ1) is 16.4. The van der Waals surface area contributed by atoms with E-state index in [1.165, 1.54) is 18.2 Å². The number of aromatic amines is 1. The van der Waals surface area contributed by atoms with Gasteiger partial charge in [0.1, 0.15) is 0 Å². The number of nitrogens with one attached hydrogen (secondary N) is 2. The molecule has 3 rings (SSSR count). The normalized spacial score (nSPS) is 12.3. The van der Waals surface area contributed by atoms with Gasteiger partial charge in [-0.3, -0.25) is 4.98 Å². The Kier molecular flexibility index (Phi) is 4.24. The zero-order chi connectivity index (χ0) is 17.3. The van der Waals surface area contributed by atoms with Crippen molar-refractivity contribution in [3.8, 4) is 0 Å². The maximum Gasteiger partial charge on any atom is 0.417 e. The van der Waals surface area contributed by atoms with E-state index in [-0.39, 0.29) is 29.4 Å². The maximum absolute atomic E-state index is 12.3. The Hall–Kier alpha value is -2.46. The fourth-order valence-corrected chi connectivity index (χ4v) is 3.12. The molecule has 10 heteroatoms. The lowest BCUT2D eigenvalue weighted by molar-refractivity contribution is 0.431. The number of nitrogens with zero attached hydrogens (tertiary/aromatic N) is 2. The highest BCUT2D eigenvalue weighted by molar-refractivity contribution is 7.89. The lowest BCUT2D eigenvalue weighted by Crippen LogP contribution is -2.26. The third-order valence-corrected chi connectivity index (χ3v) is 4.77. The smallest absolute Gasteiger partial charge is 0.417 e. The second kappa shape index (κ2) is 6.21. The molecular formula is C14H16N4O5S. The highest BCUT2D eigenvalue weighted by Gasteiger charge is 2.16. The van der Waals surface area contributed by atoms with E-state index < -0.39 is 15.8 Å². The molecule has 0 radical (unpaired) electrons. The highest BCUT2D eigenvalue weighted by atomic mass is 32.2. The van der Waals surface area contributed by atoms with Crippen LogP contribution in [0, 0.1) is 0 Å². The van der Waals surface area contributed by atoms with Crippen molar-refractivity contribution >= 4 is 21.1 Å². The maximum atomic E-state index is 12.3. The summed E-state index contributed by atoms with van der Waals surface area (Å²) >= 11 is 0. The van der Waals surface area contributed by atoms with E-state index in [9.17, 15) is 13.2 Å². The van der Waals surface area contributed by atoms with E-state index in [1.807, 2.05) is 13.8 Å². The number of rotatable bonds is 6. The predicted molar refractivity (Wildman–Crippen MR) is 84.1 cm³/mol. The van der Waals surface area contributed by atoms with Gasteiger partial charge in [-0.25, -0.2) is 17.9 Å². The van der Waals surface area contributed by atoms with Crippen LogP contribution in [0.1, 0.15) is 31.5 Å². The third-order valence-electron chi connectivity index (χ3n) is 3.31. The molecule has 1 aromatic carbocycles. The second-order valence-corrected chi connectivity index (χ2v) is 7.28. The number of fused-ring (bicyclic) bond motifs is 1. The molecule has 2 N–H and O–H groups in total. The van der Waals surface area contributed by atoms with Crippen LogP contribution in [0.4, 0.5) is 0 Å². The summed E-state index contributed by atoms with van der Waals surface area (Å²) in [5.74, 6) is 0.366. The van der Waals surface area contributed by atoms with Gasteiger partial charge in [0.25, 0.3) is 0 Å². The van der Waals surface area contributed by atoms with Gasteiger partial charge in [-0.15, -0.1) is 10.2 Å². The van der Waals surface area contributed by atoms with Crippen LogP contribution in [0.3, 0.4) is 0 Å². The summed E-state index contributed by atoms with van der Waals surface area (Å²) in [6.45, 7) is 3.96. The summed E-state index contributed by atoms with van der Waals surface area (Å²) in [6.07, 6.45) is 0.278. The largest absolute Gasteiger partial charge is 0.425 e. The number of sulfonamides is 1. The van der Waals surface area contributed by atoms with E-state index in [1.54, 1.807) is 0 Å². The Balaban J connectivity index is 1.69. The van der Waals surface area contributed by atoms with E-state index in [0.717, 1.165) is 0 Å². The summed E-state index contributed by atoms with van der Waals surface area (Å²) in [4.78, 5) is 13.6. The minimum atomic E-state index is -3.74. The van der Waals surface area contributed by atoms with Crippen molar-refractivity contribution in [1.29, 1.82) is 0 Å². The van der Waals surface area contributed by atoms with Crippen molar-refractivity contribution in [1.82, 2.24) is 19.9 Å². The third kappa shape index (κ3) is 3.39. The minimum absolute atomic E-state index is 0.00569. The zero-order valence-corrected chi connectivity index (χ0v) is 13.9. The first-order chi connectivity index (χ1) is 11.3. The zero-order valence-electron chi connectivity index (χ0n) is 13.1. The summed E-state index contributed by atoms with van der Waals surface area (Å²) < 4.78 is 37.3. The molecule has 2 heterocycles. The average Bonchev–Trinajstić information content (AvgIpc) is 3.11. The Morgan fingerprint density at radius 3 is 2.75 bits per heavy atom. The molecule has 0 spiro atoms. The number of hydrogen-bond acceptors (Lipinski definition) is 7. The summed E-state index contributed by atoms with van der Waals surface area (Å²) in [6, 6.07) is 4.15. The van der Waals surface area contributed by atoms with Crippen LogP contribution in [-0.4, -0.2) is 30.1 Å². The quantitative estimate of drug-likeness (QED) is 0.680. The number of hydrogen-bond donors (Lipinski definition) is 2. The van der Waals surface area contributed by atoms with Gasteiger partial charge in [0.2, 0.25) is 21.8 Å². The van der Waals surface area contributed by atoms with Gasteiger partial charge >= 0.3 is 5.76 Å². The molecule has 0 bridgehead atoms. The predicted octanol–water partition coefficient (Wildman–Crippen LogP) is 1.15. The number of H-pyrrole nitrogens is 1. The Labute approximate surface area is 137 Å². The minimum Gasteiger partial charge on any atom is -0.425 e. The van der Waals surface area contributed by atoms with Gasteiger partial charge in [-0.2, -0.15) is 0 Å². The van der Waals surface area contributed by atoms with Crippen LogP contribution in [0.25, 0.3) is 11.1 Å². The van der Waals surface area contributed by atoms with Gasteiger partial charge in [0.15, 0.2) is 5.58 Å². The van der Waals surface area contributed by atoms with Crippen LogP contribution in [0.2, 0.25) is 0 Å². The number of aromatic nitrogens is 3. The van der Waals surface area contributed by atoms with Gasteiger partial charge in [-0.1, -0.05) is 13.8 Å². The molecular weight excluding hydrogens is 336 g/mol. The lowest BCUT2D eigenvalue weighted by atomic mass is 10.2. The van der Waals surface area contributed by atoms with E-state index in [2.05, 4.69) is 19.9 Å². The number of benzene rings is 1. The van der Waals surface area contributed by atoms with Crippen LogP contribution < -0.4 is 10.5 Å². The van der Waals surface area contributed by atoms with Gasteiger partial charge < -0.3 is 8.83 Å². The van der Waals surface area contributed by atoms with Gasteiger partial charge in [0.05, 0.1) is 10.4 Å². The topological polar surface area (TPSA) is 131 Å². The molecule has 0 amide bonds. The molecule has 0 aliphatic heterocycles. The summed E-state index contributed by atoms with van der Waals surface area (Å²) in [5, 5.41) is 7.75. The lowest BCUT2D eigenvalue weighted by Gasteiger charge is -2.05. The van der Waals surface area contributed by atoms with Crippen LogP contribution >= 0.6 is 0 Å². The van der Waals surface area contributed by atoms with E-state index in [4.69, 9.17) is 8.83 Å². The van der Waals surface area contributed by atoms with E-state index in [0.29, 0.717) is 17.3 Å². The van der Waals surface area contributed by atoms with Crippen molar-refractivity contribution in [2.75, 3.05) is 6.54 Å².